The Kier molecular flexibility index (Phi) is 5.54. The molecule has 0 aliphatic rings. The molecule has 2 heteroatoms. The number of hydrogen-bond donors (Lipinski definition) is 1. The van der Waals surface area contributed by atoms with Gasteiger partial charge in [-0.2, -0.15) is 0 Å². The largest absolute Gasteiger partial charge is 0.334 e. The maximum absolute atomic E-state index is 3.58. The van der Waals surface area contributed by atoms with Gasteiger partial charge in [0, 0.05) is 6.04 Å². The Balaban J connectivity index is 4.02. The molecular weight excluding hydrogens is 174 g/mol. The molecular formula is C11H19NSi. The molecule has 0 aromatic heterocycles. The van der Waals surface area contributed by atoms with Crippen molar-refractivity contribution in [3.05, 3.63) is 0 Å². The minimum atomic E-state index is -1.31. The zero-order chi connectivity index (χ0) is 10.3. The van der Waals surface area contributed by atoms with Crippen LogP contribution in [-0.2, 0) is 0 Å². The van der Waals surface area contributed by atoms with Crippen LogP contribution in [0.3, 0.4) is 0 Å². The quantitative estimate of drug-likeness (QED) is 0.535. The van der Waals surface area contributed by atoms with Crippen molar-refractivity contribution in [2.24, 2.45) is 0 Å². The summed E-state index contributed by atoms with van der Waals surface area (Å²) in [5.74, 6) is 11.5. The topological polar surface area (TPSA) is 12.0 Å². The Morgan fingerprint density at radius 2 is 1.85 bits per heavy atom. The number of hydrogen-bond acceptors (Lipinski definition) is 1. The summed E-state index contributed by atoms with van der Waals surface area (Å²) in [6, 6.07) is 1.53. The van der Waals surface area contributed by atoms with Gasteiger partial charge in [0.05, 0.1) is 0 Å². The van der Waals surface area contributed by atoms with Crippen LogP contribution in [0, 0.1) is 23.7 Å². The molecule has 0 spiro atoms. The van der Waals surface area contributed by atoms with E-state index in [1.54, 1.807) is 0 Å². The monoisotopic (exact) mass is 193 g/mol. The summed E-state index contributed by atoms with van der Waals surface area (Å²) >= 11 is 0. The van der Waals surface area contributed by atoms with Gasteiger partial charge in [0.1, 0.15) is 8.24 Å². The maximum atomic E-state index is 3.58. The second-order valence-corrected chi connectivity index (χ2v) is 8.45. The third kappa shape index (κ3) is 7.65. The predicted octanol–water partition coefficient (Wildman–Crippen LogP) is 2.22. The first kappa shape index (κ1) is 12.3. The Labute approximate surface area is 83.4 Å². The van der Waals surface area contributed by atoms with E-state index in [-0.39, 0.29) is 0 Å². The van der Waals surface area contributed by atoms with Gasteiger partial charge in [-0.05, 0) is 24.8 Å². The molecule has 0 amide bonds. The van der Waals surface area contributed by atoms with Crippen molar-refractivity contribution in [2.45, 2.75) is 46.0 Å². The van der Waals surface area contributed by atoms with E-state index < -0.39 is 8.24 Å². The van der Waals surface area contributed by atoms with Crippen LogP contribution in [0.1, 0.15) is 20.8 Å². The van der Waals surface area contributed by atoms with Gasteiger partial charge in [-0.3, -0.25) is 0 Å². The van der Waals surface area contributed by atoms with Gasteiger partial charge in [-0.1, -0.05) is 38.8 Å². The molecule has 0 rings (SSSR count). The lowest BCUT2D eigenvalue weighted by molar-refractivity contribution is 0.732. The molecule has 1 nitrogen and oxygen atoms in total. The van der Waals surface area contributed by atoms with Gasteiger partial charge in [0.2, 0.25) is 0 Å². The molecule has 0 atom stereocenters. The molecule has 0 bridgehead atoms. The SMILES string of the molecule is CC#CC#CC[Si](C)(C)NC(C)C. The third-order valence-corrected chi connectivity index (χ3v) is 3.91. The van der Waals surface area contributed by atoms with Gasteiger partial charge < -0.3 is 4.98 Å². The van der Waals surface area contributed by atoms with Gasteiger partial charge in [0.25, 0.3) is 0 Å². The molecule has 1 N–H and O–H groups in total. The number of nitrogens with one attached hydrogen (secondary N) is 1. The van der Waals surface area contributed by atoms with E-state index in [0.717, 1.165) is 6.04 Å². The second kappa shape index (κ2) is 5.86. The highest BCUT2D eigenvalue weighted by Crippen LogP contribution is 2.04. The first-order valence-corrected chi connectivity index (χ1v) is 7.86. The summed E-state index contributed by atoms with van der Waals surface area (Å²) in [4.78, 5) is 3.58. The van der Waals surface area contributed by atoms with E-state index in [9.17, 15) is 0 Å². The Bertz CT molecular complexity index is 257. The van der Waals surface area contributed by atoms with Crippen LogP contribution in [0.25, 0.3) is 0 Å². The molecule has 0 heterocycles. The highest BCUT2D eigenvalue weighted by Gasteiger charge is 2.19. The fraction of sp³-hybridized carbons (Fsp3) is 0.636. The third-order valence-electron chi connectivity index (χ3n) is 1.49. The Morgan fingerprint density at radius 3 is 2.31 bits per heavy atom. The van der Waals surface area contributed by atoms with E-state index in [0.29, 0.717) is 6.04 Å². The smallest absolute Gasteiger partial charge is 0.131 e. The van der Waals surface area contributed by atoms with Crippen molar-refractivity contribution in [1.29, 1.82) is 0 Å². The van der Waals surface area contributed by atoms with Crippen LogP contribution < -0.4 is 4.98 Å². The summed E-state index contributed by atoms with van der Waals surface area (Å²) in [5, 5.41) is 0. The summed E-state index contributed by atoms with van der Waals surface area (Å²) < 4.78 is 0. The van der Waals surface area contributed by atoms with Gasteiger partial charge in [-0.25, -0.2) is 0 Å². The van der Waals surface area contributed by atoms with Crippen molar-refractivity contribution >= 4 is 8.24 Å². The molecule has 0 fully saturated rings. The lowest BCUT2D eigenvalue weighted by Gasteiger charge is -2.23. The van der Waals surface area contributed by atoms with Crippen LogP contribution in [0.5, 0.6) is 0 Å². The molecule has 0 saturated carbocycles. The van der Waals surface area contributed by atoms with Crippen LogP contribution in [-0.4, -0.2) is 14.3 Å². The number of rotatable bonds is 3. The van der Waals surface area contributed by atoms with Crippen molar-refractivity contribution in [1.82, 2.24) is 4.98 Å². The summed E-state index contributed by atoms with van der Waals surface area (Å²) in [6.45, 7) is 10.7. The van der Waals surface area contributed by atoms with Crippen LogP contribution >= 0.6 is 0 Å². The highest BCUT2D eigenvalue weighted by atomic mass is 28.3. The fourth-order valence-corrected chi connectivity index (χ4v) is 3.40. The summed E-state index contributed by atoms with van der Waals surface area (Å²) in [7, 11) is -1.31. The zero-order valence-corrected chi connectivity index (χ0v) is 10.3. The molecule has 72 valence electrons. The minimum Gasteiger partial charge on any atom is -0.334 e. The van der Waals surface area contributed by atoms with Crippen LogP contribution in [0.2, 0.25) is 19.1 Å². The van der Waals surface area contributed by atoms with E-state index in [1.807, 2.05) is 6.92 Å². The van der Waals surface area contributed by atoms with Crippen LogP contribution in [0.4, 0.5) is 0 Å². The highest BCUT2D eigenvalue weighted by molar-refractivity contribution is 6.75. The average molecular weight is 193 g/mol. The van der Waals surface area contributed by atoms with Gasteiger partial charge >= 0.3 is 0 Å². The normalized spacial score (nSPS) is 10.0. The van der Waals surface area contributed by atoms with Crippen LogP contribution in [0.15, 0.2) is 0 Å². The summed E-state index contributed by atoms with van der Waals surface area (Å²) in [5.41, 5.74) is 0. The van der Waals surface area contributed by atoms with Gasteiger partial charge in [-0.15, -0.1) is 0 Å². The molecule has 13 heavy (non-hydrogen) atoms. The summed E-state index contributed by atoms with van der Waals surface area (Å²) in [6.07, 6.45) is 0. The molecule has 0 radical (unpaired) electrons. The Morgan fingerprint density at radius 1 is 1.23 bits per heavy atom. The Hall–Kier alpha value is -0.703. The maximum Gasteiger partial charge on any atom is 0.131 e. The van der Waals surface area contributed by atoms with E-state index in [1.165, 1.54) is 0 Å². The van der Waals surface area contributed by atoms with Crippen molar-refractivity contribution in [3.63, 3.8) is 0 Å². The van der Waals surface area contributed by atoms with E-state index in [4.69, 9.17) is 0 Å². The standard InChI is InChI=1S/C11H19NSi/c1-6-7-8-9-10-13(4,5)12-11(2)3/h11-12H,10H2,1-5H3. The molecule has 0 aromatic carbocycles. The zero-order valence-electron chi connectivity index (χ0n) is 9.28. The van der Waals surface area contributed by atoms with E-state index in [2.05, 4.69) is 55.6 Å². The lowest BCUT2D eigenvalue weighted by atomic mass is 10.4. The second-order valence-electron chi connectivity index (χ2n) is 4.04. The minimum absolute atomic E-state index is 0.556. The fourth-order valence-electron chi connectivity index (χ4n) is 1.20. The molecule has 0 saturated heterocycles. The van der Waals surface area contributed by atoms with E-state index >= 15 is 0 Å². The molecule has 0 aliphatic carbocycles. The average Bonchev–Trinajstić information content (AvgIpc) is 1.95. The molecule has 0 unspecified atom stereocenters. The first-order valence-electron chi connectivity index (χ1n) is 4.65. The molecule has 0 aliphatic heterocycles. The molecule has 0 aromatic rings. The van der Waals surface area contributed by atoms with Crippen molar-refractivity contribution in [2.75, 3.05) is 0 Å². The lowest BCUT2D eigenvalue weighted by Crippen LogP contribution is -2.47. The predicted molar refractivity (Wildman–Crippen MR) is 61.8 cm³/mol. The van der Waals surface area contributed by atoms with Crippen molar-refractivity contribution in [3.8, 4) is 23.7 Å². The first-order chi connectivity index (χ1) is 5.98. The van der Waals surface area contributed by atoms with Gasteiger partial charge in [0.15, 0.2) is 0 Å². The van der Waals surface area contributed by atoms with Crippen molar-refractivity contribution < 1.29 is 0 Å².